The number of benzene rings is 1. The van der Waals surface area contributed by atoms with Gasteiger partial charge in [0.25, 0.3) is 0 Å². The van der Waals surface area contributed by atoms with Crippen molar-refractivity contribution < 1.29 is 24.5 Å². The lowest BCUT2D eigenvalue weighted by Crippen LogP contribution is -2.50. The summed E-state index contributed by atoms with van der Waals surface area (Å²) >= 11 is 0. The number of ether oxygens (including phenoxy) is 2. The van der Waals surface area contributed by atoms with E-state index in [2.05, 4.69) is 0 Å². The normalized spacial score (nSPS) is 36.3. The molecule has 2 N–H and O–H groups in total. The molecule has 0 aromatic heterocycles. The van der Waals surface area contributed by atoms with Crippen LogP contribution >= 0.6 is 0 Å². The van der Waals surface area contributed by atoms with Crippen LogP contribution < -0.4 is 0 Å². The van der Waals surface area contributed by atoms with Crippen molar-refractivity contribution in [2.24, 2.45) is 0 Å². The number of esters is 1. The van der Waals surface area contributed by atoms with Crippen LogP contribution in [0.2, 0.25) is 0 Å². The van der Waals surface area contributed by atoms with Crippen LogP contribution in [-0.4, -0.2) is 64.8 Å². The highest BCUT2D eigenvalue weighted by Gasteiger charge is 2.63. The van der Waals surface area contributed by atoms with Gasteiger partial charge in [-0.15, -0.1) is 0 Å². The zero-order valence-corrected chi connectivity index (χ0v) is 12.7. The Hall–Kier alpha value is -1.47. The average molecular weight is 319 g/mol. The molecule has 1 aromatic rings. The molecule has 2 bridgehead atoms. The Labute approximate surface area is 134 Å². The number of aliphatic hydroxyl groups is 2. The largest absolute Gasteiger partial charge is 0.462 e. The summed E-state index contributed by atoms with van der Waals surface area (Å²) in [7, 11) is 0. The molecule has 5 unspecified atom stereocenters. The summed E-state index contributed by atoms with van der Waals surface area (Å²) in [6.07, 6.45) is 1.54. The zero-order chi connectivity index (χ0) is 16.0. The van der Waals surface area contributed by atoms with Crippen molar-refractivity contribution in [1.82, 2.24) is 4.90 Å². The summed E-state index contributed by atoms with van der Waals surface area (Å²) in [5, 5.41) is 19.0. The quantitative estimate of drug-likeness (QED) is 0.597. The smallest absolute Gasteiger partial charge is 0.316 e. The van der Waals surface area contributed by atoms with Crippen molar-refractivity contribution in [3.05, 3.63) is 35.9 Å². The van der Waals surface area contributed by atoms with Crippen molar-refractivity contribution in [3.63, 3.8) is 0 Å². The average Bonchev–Trinajstić information content (AvgIpc) is 3.32. The highest BCUT2D eigenvalue weighted by Crippen LogP contribution is 2.48. The lowest BCUT2D eigenvalue weighted by atomic mass is 9.97. The Kier molecular flexibility index (Phi) is 3.85. The third-order valence-electron chi connectivity index (χ3n) is 5.30. The van der Waals surface area contributed by atoms with Gasteiger partial charge in [0.2, 0.25) is 0 Å². The third-order valence-corrected chi connectivity index (χ3v) is 5.30. The molecule has 0 aliphatic carbocycles. The first-order valence-electron chi connectivity index (χ1n) is 8.11. The molecule has 6 nitrogen and oxygen atoms in total. The van der Waals surface area contributed by atoms with Crippen LogP contribution in [0.3, 0.4) is 0 Å². The number of rotatable bonds is 5. The number of epoxide rings is 1. The van der Waals surface area contributed by atoms with Gasteiger partial charge in [0.05, 0.1) is 13.3 Å². The fourth-order valence-electron chi connectivity index (χ4n) is 4.11. The van der Waals surface area contributed by atoms with Gasteiger partial charge >= 0.3 is 5.97 Å². The SMILES string of the molecule is O=C(OC1CC2C3OC3C(C1)N2CO)C(CO)c1ccccc1. The summed E-state index contributed by atoms with van der Waals surface area (Å²) in [6, 6.07) is 9.47. The van der Waals surface area contributed by atoms with E-state index < -0.39 is 5.92 Å². The lowest BCUT2D eigenvalue weighted by molar-refractivity contribution is -0.158. The monoisotopic (exact) mass is 319 g/mol. The van der Waals surface area contributed by atoms with E-state index in [4.69, 9.17) is 9.47 Å². The topological polar surface area (TPSA) is 82.5 Å². The predicted molar refractivity (Wildman–Crippen MR) is 80.5 cm³/mol. The third kappa shape index (κ3) is 2.55. The van der Waals surface area contributed by atoms with Crippen LogP contribution in [0.5, 0.6) is 0 Å². The van der Waals surface area contributed by atoms with Gasteiger partial charge in [-0.05, 0) is 5.56 Å². The molecule has 0 saturated carbocycles. The van der Waals surface area contributed by atoms with Crippen molar-refractivity contribution in [3.8, 4) is 0 Å². The molecule has 1 aromatic carbocycles. The molecular formula is C17H21NO5. The van der Waals surface area contributed by atoms with E-state index in [1.807, 2.05) is 35.2 Å². The summed E-state index contributed by atoms with van der Waals surface area (Å²) in [5.41, 5.74) is 0.766. The van der Waals surface area contributed by atoms with Gasteiger partial charge in [0, 0.05) is 24.9 Å². The molecule has 3 fully saturated rings. The van der Waals surface area contributed by atoms with Crippen LogP contribution in [0, 0.1) is 0 Å². The Balaban J connectivity index is 1.42. The highest BCUT2D eigenvalue weighted by atomic mass is 16.6. The molecule has 23 heavy (non-hydrogen) atoms. The van der Waals surface area contributed by atoms with Gasteiger partial charge in [0.15, 0.2) is 0 Å². The molecule has 6 heteroatoms. The predicted octanol–water partition coefficient (Wildman–Crippen LogP) is 0.238. The Bertz CT molecular complexity index is 562. The second kappa shape index (κ2) is 5.87. The molecular weight excluding hydrogens is 298 g/mol. The molecule has 3 saturated heterocycles. The first kappa shape index (κ1) is 15.1. The maximum absolute atomic E-state index is 12.4. The second-order valence-electron chi connectivity index (χ2n) is 6.53. The van der Waals surface area contributed by atoms with E-state index in [0.717, 1.165) is 5.56 Å². The Morgan fingerprint density at radius 2 is 1.87 bits per heavy atom. The Morgan fingerprint density at radius 3 is 2.43 bits per heavy atom. The van der Waals surface area contributed by atoms with Crippen molar-refractivity contribution >= 4 is 5.97 Å². The van der Waals surface area contributed by atoms with Gasteiger partial charge in [0.1, 0.15) is 24.2 Å². The lowest BCUT2D eigenvalue weighted by Gasteiger charge is -2.39. The minimum absolute atomic E-state index is 0.0235. The molecule has 0 spiro atoms. The van der Waals surface area contributed by atoms with E-state index >= 15 is 0 Å². The molecule has 3 aliphatic heterocycles. The standard InChI is InChI=1S/C17H21NO5/c19-8-12(10-4-2-1-3-5-10)17(21)22-11-6-13-15-16(23-15)14(7-11)18(13)9-20/h1-5,11-16,19-20H,6-9H2. The first-order chi connectivity index (χ1) is 11.2. The van der Waals surface area contributed by atoms with E-state index in [0.29, 0.717) is 12.8 Å². The molecule has 4 rings (SSSR count). The number of aliphatic hydroxyl groups excluding tert-OH is 2. The minimum Gasteiger partial charge on any atom is -0.462 e. The maximum Gasteiger partial charge on any atom is 0.316 e. The van der Waals surface area contributed by atoms with Crippen molar-refractivity contribution in [1.29, 1.82) is 0 Å². The van der Waals surface area contributed by atoms with Gasteiger partial charge < -0.3 is 19.7 Å². The number of morpholine rings is 1. The van der Waals surface area contributed by atoms with Crippen molar-refractivity contribution in [2.75, 3.05) is 13.3 Å². The Morgan fingerprint density at radius 1 is 1.22 bits per heavy atom. The molecule has 5 atom stereocenters. The fourth-order valence-corrected chi connectivity index (χ4v) is 4.11. The van der Waals surface area contributed by atoms with Gasteiger partial charge in [-0.3, -0.25) is 9.69 Å². The summed E-state index contributed by atoms with van der Waals surface area (Å²) < 4.78 is 11.3. The number of fused-ring (bicyclic) bond motifs is 5. The second-order valence-corrected chi connectivity index (χ2v) is 6.53. The van der Waals surface area contributed by atoms with Crippen LogP contribution in [0.1, 0.15) is 24.3 Å². The van der Waals surface area contributed by atoms with E-state index in [-0.39, 0.29) is 49.7 Å². The maximum atomic E-state index is 12.4. The molecule has 0 amide bonds. The van der Waals surface area contributed by atoms with E-state index in [1.54, 1.807) is 0 Å². The number of hydrogen-bond acceptors (Lipinski definition) is 6. The number of piperidine rings is 1. The first-order valence-corrected chi connectivity index (χ1v) is 8.11. The van der Waals surface area contributed by atoms with Crippen molar-refractivity contribution in [2.45, 2.75) is 49.2 Å². The summed E-state index contributed by atoms with van der Waals surface area (Å²) in [5.74, 6) is -1.02. The summed E-state index contributed by atoms with van der Waals surface area (Å²) in [4.78, 5) is 14.5. The number of carbonyl (C=O) groups excluding carboxylic acids is 1. The molecule has 0 radical (unpaired) electrons. The molecule has 3 aliphatic rings. The molecule has 124 valence electrons. The fraction of sp³-hybridized carbons (Fsp3) is 0.588. The van der Waals surface area contributed by atoms with E-state index in [1.165, 1.54) is 0 Å². The summed E-state index contributed by atoms with van der Waals surface area (Å²) in [6.45, 7) is -0.241. The van der Waals surface area contributed by atoms with Gasteiger partial charge in [-0.25, -0.2) is 0 Å². The van der Waals surface area contributed by atoms with E-state index in [9.17, 15) is 15.0 Å². The zero-order valence-electron chi connectivity index (χ0n) is 12.7. The molecule has 3 heterocycles. The van der Waals surface area contributed by atoms with Gasteiger partial charge in [-0.1, -0.05) is 30.3 Å². The number of nitrogens with zero attached hydrogens (tertiary/aromatic N) is 1. The van der Waals surface area contributed by atoms with Crippen LogP contribution in [0.25, 0.3) is 0 Å². The number of carbonyl (C=O) groups is 1. The van der Waals surface area contributed by atoms with Crippen LogP contribution in [-0.2, 0) is 14.3 Å². The van der Waals surface area contributed by atoms with Crippen LogP contribution in [0.15, 0.2) is 30.3 Å². The highest BCUT2D eigenvalue weighted by molar-refractivity contribution is 5.78. The van der Waals surface area contributed by atoms with Crippen LogP contribution in [0.4, 0.5) is 0 Å². The minimum atomic E-state index is -0.643. The van der Waals surface area contributed by atoms with Gasteiger partial charge in [-0.2, -0.15) is 0 Å². The number of hydrogen-bond donors (Lipinski definition) is 2.